The van der Waals surface area contributed by atoms with Gasteiger partial charge in [0.1, 0.15) is 11.6 Å². The molecule has 0 N–H and O–H groups in total. The van der Waals surface area contributed by atoms with Crippen LogP contribution in [-0.2, 0) is 6.54 Å². The normalized spacial score (nSPS) is 10.6. The molecule has 0 unspecified atom stereocenters. The molecule has 0 amide bonds. The number of methoxy groups -OCH3 is 1. The van der Waals surface area contributed by atoms with E-state index in [1.165, 1.54) is 27.6 Å². The molecule has 6 heteroatoms. The minimum Gasteiger partial charge on any atom is -0.497 e. The number of halogens is 1. The highest BCUT2D eigenvalue weighted by atomic mass is 19.1. The van der Waals surface area contributed by atoms with Crippen LogP contribution in [0.4, 0.5) is 4.39 Å². The summed E-state index contributed by atoms with van der Waals surface area (Å²) in [5, 5.41) is 0. The van der Waals surface area contributed by atoms with Crippen LogP contribution in [-0.4, -0.2) is 16.2 Å². The second-order valence-corrected chi connectivity index (χ2v) is 5.20. The minimum absolute atomic E-state index is 0.00417. The number of benzene rings is 2. The molecule has 5 nitrogen and oxygen atoms in total. The van der Waals surface area contributed by atoms with E-state index in [1.807, 2.05) is 0 Å². The molecule has 0 bridgehead atoms. The van der Waals surface area contributed by atoms with Crippen molar-refractivity contribution in [1.29, 1.82) is 0 Å². The van der Waals surface area contributed by atoms with Crippen molar-refractivity contribution in [3.8, 4) is 11.4 Å². The van der Waals surface area contributed by atoms with Crippen LogP contribution in [0.2, 0.25) is 0 Å². The number of nitrogens with zero attached hydrogens (tertiary/aromatic N) is 2. The highest BCUT2D eigenvalue weighted by Crippen LogP contribution is 2.13. The molecule has 2 aromatic carbocycles. The van der Waals surface area contributed by atoms with E-state index in [-0.39, 0.29) is 6.54 Å². The molecule has 0 saturated carbocycles. The summed E-state index contributed by atoms with van der Waals surface area (Å²) in [5.41, 5.74) is -0.507. The zero-order valence-corrected chi connectivity index (χ0v) is 13.0. The lowest BCUT2D eigenvalue weighted by Gasteiger charge is -2.10. The number of aromatic nitrogens is 2. The van der Waals surface area contributed by atoms with Crippen molar-refractivity contribution in [3.05, 3.63) is 93.0 Å². The first kappa shape index (κ1) is 15.7. The third kappa shape index (κ3) is 2.99. The predicted octanol–water partition coefficient (Wildman–Crippen LogP) is 2.20. The van der Waals surface area contributed by atoms with Crippen LogP contribution >= 0.6 is 0 Å². The Morgan fingerprint density at radius 3 is 2.33 bits per heavy atom. The number of rotatable bonds is 4. The minimum atomic E-state index is -0.712. The summed E-state index contributed by atoms with van der Waals surface area (Å²) in [7, 11) is 1.55. The highest BCUT2D eigenvalue weighted by Gasteiger charge is 2.09. The molecule has 0 atom stereocenters. The van der Waals surface area contributed by atoms with Gasteiger partial charge in [0.25, 0.3) is 0 Å². The van der Waals surface area contributed by atoms with Gasteiger partial charge in [-0.15, -0.1) is 0 Å². The molecule has 0 spiro atoms. The summed E-state index contributed by atoms with van der Waals surface area (Å²) in [4.78, 5) is 24.6. The van der Waals surface area contributed by atoms with Gasteiger partial charge in [-0.05, 0) is 30.3 Å². The van der Waals surface area contributed by atoms with Crippen LogP contribution in [0.25, 0.3) is 5.69 Å². The zero-order valence-electron chi connectivity index (χ0n) is 13.0. The standard InChI is InChI=1S/C18H15FN2O3/c1-24-15-8-6-14(7-9-15)21-11-10-20(17(22)18(21)23)12-13-4-2-3-5-16(13)19/h2-11H,12H2,1H3. The summed E-state index contributed by atoms with van der Waals surface area (Å²) in [5.74, 6) is 0.239. The lowest BCUT2D eigenvalue weighted by atomic mass is 10.2. The van der Waals surface area contributed by atoms with Crippen molar-refractivity contribution in [2.45, 2.75) is 6.54 Å². The molecule has 0 aliphatic rings. The Morgan fingerprint density at radius 1 is 0.958 bits per heavy atom. The molecule has 3 aromatic rings. The van der Waals surface area contributed by atoms with Gasteiger partial charge in [-0.3, -0.25) is 14.2 Å². The quantitative estimate of drug-likeness (QED) is 0.691. The molecule has 1 heterocycles. The molecule has 0 saturated heterocycles. The van der Waals surface area contributed by atoms with Crippen LogP contribution in [0.5, 0.6) is 5.75 Å². The number of hydrogen-bond acceptors (Lipinski definition) is 3. The summed E-state index contributed by atoms with van der Waals surface area (Å²) in [6, 6.07) is 12.9. The molecule has 0 radical (unpaired) electrons. The fraction of sp³-hybridized carbons (Fsp3) is 0.111. The van der Waals surface area contributed by atoms with Gasteiger partial charge in [0.05, 0.1) is 13.7 Å². The summed E-state index contributed by atoms with van der Waals surface area (Å²) in [6.07, 6.45) is 2.97. The van der Waals surface area contributed by atoms with E-state index < -0.39 is 16.9 Å². The van der Waals surface area contributed by atoms with Gasteiger partial charge in [-0.1, -0.05) is 18.2 Å². The van der Waals surface area contributed by atoms with Crippen LogP contribution in [0.15, 0.2) is 70.5 Å². The molecule has 24 heavy (non-hydrogen) atoms. The van der Waals surface area contributed by atoms with E-state index >= 15 is 0 Å². The van der Waals surface area contributed by atoms with Crippen molar-refractivity contribution < 1.29 is 9.13 Å². The maximum absolute atomic E-state index is 13.7. The Morgan fingerprint density at radius 2 is 1.67 bits per heavy atom. The Hall–Kier alpha value is -3.15. The van der Waals surface area contributed by atoms with Gasteiger partial charge in [0.15, 0.2) is 0 Å². The third-order valence-electron chi connectivity index (χ3n) is 3.71. The van der Waals surface area contributed by atoms with Crippen molar-refractivity contribution in [3.63, 3.8) is 0 Å². The topological polar surface area (TPSA) is 53.2 Å². The van der Waals surface area contributed by atoms with E-state index in [0.29, 0.717) is 17.0 Å². The third-order valence-corrected chi connectivity index (χ3v) is 3.71. The zero-order chi connectivity index (χ0) is 17.1. The second kappa shape index (κ2) is 6.54. The van der Waals surface area contributed by atoms with E-state index in [1.54, 1.807) is 49.6 Å². The summed E-state index contributed by atoms with van der Waals surface area (Å²) in [6.45, 7) is 0.00417. The van der Waals surface area contributed by atoms with Gasteiger partial charge in [0.2, 0.25) is 0 Å². The fourth-order valence-corrected chi connectivity index (χ4v) is 2.39. The van der Waals surface area contributed by atoms with Crippen molar-refractivity contribution in [1.82, 2.24) is 9.13 Å². The molecular weight excluding hydrogens is 311 g/mol. The van der Waals surface area contributed by atoms with Crippen molar-refractivity contribution in [2.75, 3.05) is 7.11 Å². The van der Waals surface area contributed by atoms with Crippen LogP contribution in [0, 0.1) is 5.82 Å². The largest absolute Gasteiger partial charge is 0.497 e. The van der Waals surface area contributed by atoms with Crippen molar-refractivity contribution in [2.24, 2.45) is 0 Å². The maximum atomic E-state index is 13.7. The van der Waals surface area contributed by atoms with Gasteiger partial charge in [-0.2, -0.15) is 0 Å². The molecule has 0 aliphatic carbocycles. The van der Waals surface area contributed by atoms with Crippen molar-refractivity contribution >= 4 is 0 Å². The van der Waals surface area contributed by atoms with E-state index in [0.717, 1.165) is 0 Å². The van der Waals surface area contributed by atoms with Gasteiger partial charge in [-0.25, -0.2) is 4.39 Å². The first-order valence-corrected chi connectivity index (χ1v) is 7.30. The Balaban J connectivity index is 1.98. The van der Waals surface area contributed by atoms with Crippen LogP contribution < -0.4 is 15.9 Å². The SMILES string of the molecule is COc1ccc(-n2ccn(Cc3ccccc3F)c(=O)c2=O)cc1. The van der Waals surface area contributed by atoms with Gasteiger partial charge in [0, 0.05) is 23.6 Å². The summed E-state index contributed by atoms with van der Waals surface area (Å²) >= 11 is 0. The maximum Gasteiger partial charge on any atom is 0.320 e. The first-order chi connectivity index (χ1) is 11.6. The van der Waals surface area contributed by atoms with Gasteiger partial charge < -0.3 is 9.30 Å². The van der Waals surface area contributed by atoms with Gasteiger partial charge >= 0.3 is 11.1 Å². The average Bonchev–Trinajstić information content (AvgIpc) is 2.61. The predicted molar refractivity (Wildman–Crippen MR) is 88.4 cm³/mol. The lowest BCUT2D eigenvalue weighted by Crippen LogP contribution is -2.40. The summed E-state index contributed by atoms with van der Waals surface area (Å²) < 4.78 is 21.2. The van der Waals surface area contributed by atoms with Crippen LogP contribution in [0.1, 0.15) is 5.56 Å². The molecule has 0 fully saturated rings. The first-order valence-electron chi connectivity index (χ1n) is 7.30. The molecule has 122 valence electrons. The Bertz CT molecular complexity index is 975. The average molecular weight is 326 g/mol. The van der Waals surface area contributed by atoms with E-state index in [4.69, 9.17) is 4.74 Å². The second-order valence-electron chi connectivity index (χ2n) is 5.20. The lowest BCUT2D eigenvalue weighted by molar-refractivity contribution is 0.414. The smallest absolute Gasteiger partial charge is 0.320 e. The Kier molecular flexibility index (Phi) is 4.29. The fourth-order valence-electron chi connectivity index (χ4n) is 2.39. The molecular formula is C18H15FN2O3. The van der Waals surface area contributed by atoms with E-state index in [9.17, 15) is 14.0 Å². The molecule has 0 aliphatic heterocycles. The van der Waals surface area contributed by atoms with Crippen LogP contribution in [0.3, 0.4) is 0 Å². The molecule has 3 rings (SSSR count). The van der Waals surface area contributed by atoms with E-state index in [2.05, 4.69) is 0 Å². The Labute approximate surface area is 137 Å². The monoisotopic (exact) mass is 326 g/mol. The highest BCUT2D eigenvalue weighted by molar-refractivity contribution is 5.37. The number of ether oxygens (including phenoxy) is 1. The number of hydrogen-bond donors (Lipinski definition) is 0. The molecule has 1 aromatic heterocycles.